The van der Waals surface area contributed by atoms with E-state index in [1.807, 2.05) is 23.5 Å². The monoisotopic (exact) mass is 367 g/mol. The van der Waals surface area contributed by atoms with Crippen molar-refractivity contribution in [1.82, 2.24) is 4.90 Å². The lowest BCUT2D eigenvalue weighted by atomic mass is 9.95. The summed E-state index contributed by atoms with van der Waals surface area (Å²) in [6, 6.07) is 6.44. The molecular formula is C15H14BrNOS2. The number of carbonyl (C=O) groups is 1. The fraction of sp³-hybridized carbons (Fsp3) is 0.400. The Bertz CT molecular complexity index is 658. The van der Waals surface area contributed by atoms with Crippen LogP contribution in [0.15, 0.2) is 27.4 Å². The number of thiophene rings is 2. The molecule has 0 spiro atoms. The standard InChI is InChI=1S/C15H14BrNOS2/c16-13-4-3-12(20-13)15(18)17-7-5-11-10(6-8-19-11)14(17)9-1-2-9/h3-4,6,8-9,14H,1-2,5,7H2. The van der Waals surface area contributed by atoms with Gasteiger partial charge in [0.05, 0.1) is 14.7 Å². The second-order valence-electron chi connectivity index (χ2n) is 5.43. The van der Waals surface area contributed by atoms with Crippen molar-refractivity contribution >= 4 is 44.5 Å². The van der Waals surface area contributed by atoms with Gasteiger partial charge in [-0.05, 0) is 70.3 Å². The zero-order chi connectivity index (χ0) is 13.7. The van der Waals surface area contributed by atoms with E-state index in [0.717, 1.165) is 21.6 Å². The van der Waals surface area contributed by atoms with Crippen molar-refractivity contribution in [3.63, 3.8) is 0 Å². The van der Waals surface area contributed by atoms with Crippen molar-refractivity contribution in [3.05, 3.63) is 42.7 Å². The smallest absolute Gasteiger partial charge is 0.264 e. The number of rotatable bonds is 2. The third kappa shape index (κ3) is 2.16. The summed E-state index contributed by atoms with van der Waals surface area (Å²) in [5, 5.41) is 2.18. The van der Waals surface area contributed by atoms with Crippen LogP contribution in [0.3, 0.4) is 0 Å². The van der Waals surface area contributed by atoms with E-state index in [1.165, 1.54) is 34.6 Å². The summed E-state index contributed by atoms with van der Waals surface area (Å²) in [4.78, 5) is 17.3. The molecule has 3 heterocycles. The number of halogens is 1. The zero-order valence-corrected chi connectivity index (χ0v) is 14.1. The fourth-order valence-corrected chi connectivity index (χ4v) is 5.32. The summed E-state index contributed by atoms with van der Waals surface area (Å²) in [6.07, 6.45) is 3.53. The van der Waals surface area contributed by atoms with Crippen LogP contribution in [0.4, 0.5) is 0 Å². The SMILES string of the molecule is O=C(c1ccc(Br)s1)N1CCc2sccc2C1C1CC1. The van der Waals surface area contributed by atoms with Gasteiger partial charge in [-0.2, -0.15) is 0 Å². The van der Waals surface area contributed by atoms with Crippen LogP contribution in [-0.2, 0) is 6.42 Å². The molecular weight excluding hydrogens is 354 g/mol. The lowest BCUT2D eigenvalue weighted by molar-refractivity contribution is 0.0642. The molecule has 1 amide bonds. The van der Waals surface area contributed by atoms with Gasteiger partial charge in [-0.25, -0.2) is 0 Å². The van der Waals surface area contributed by atoms with Gasteiger partial charge in [0.25, 0.3) is 5.91 Å². The predicted octanol–water partition coefficient (Wildman–Crippen LogP) is 4.72. The molecule has 1 atom stereocenters. The first-order valence-electron chi connectivity index (χ1n) is 6.86. The Labute approximate surface area is 134 Å². The Hall–Kier alpha value is -0.650. The summed E-state index contributed by atoms with van der Waals surface area (Å²) in [5.74, 6) is 0.880. The second-order valence-corrected chi connectivity index (χ2v) is 8.90. The first-order chi connectivity index (χ1) is 9.74. The van der Waals surface area contributed by atoms with Gasteiger partial charge < -0.3 is 4.90 Å². The Morgan fingerprint density at radius 2 is 2.15 bits per heavy atom. The Balaban J connectivity index is 1.69. The summed E-state index contributed by atoms with van der Waals surface area (Å²) in [5.41, 5.74) is 1.41. The van der Waals surface area contributed by atoms with Gasteiger partial charge in [-0.3, -0.25) is 4.79 Å². The predicted molar refractivity (Wildman–Crippen MR) is 86.5 cm³/mol. The van der Waals surface area contributed by atoms with E-state index in [-0.39, 0.29) is 5.91 Å². The lowest BCUT2D eigenvalue weighted by Crippen LogP contribution is -2.40. The van der Waals surface area contributed by atoms with Crippen LogP contribution in [0.5, 0.6) is 0 Å². The first-order valence-corrected chi connectivity index (χ1v) is 9.35. The number of fused-ring (bicyclic) bond motifs is 1. The minimum absolute atomic E-state index is 0.203. The van der Waals surface area contributed by atoms with Crippen LogP contribution in [0.1, 0.15) is 39.0 Å². The van der Waals surface area contributed by atoms with Crippen molar-refractivity contribution in [2.24, 2.45) is 5.92 Å². The second kappa shape index (κ2) is 4.97. The van der Waals surface area contributed by atoms with Crippen LogP contribution in [0.2, 0.25) is 0 Å². The van der Waals surface area contributed by atoms with Gasteiger partial charge >= 0.3 is 0 Å². The van der Waals surface area contributed by atoms with Crippen LogP contribution in [0.25, 0.3) is 0 Å². The minimum Gasteiger partial charge on any atom is -0.330 e. The van der Waals surface area contributed by atoms with Gasteiger partial charge in [0.15, 0.2) is 0 Å². The maximum absolute atomic E-state index is 12.8. The normalized spacial score (nSPS) is 21.9. The molecule has 1 aliphatic heterocycles. The largest absolute Gasteiger partial charge is 0.330 e. The molecule has 1 saturated carbocycles. The summed E-state index contributed by atoms with van der Waals surface area (Å²) >= 11 is 6.83. The van der Waals surface area contributed by atoms with Crippen LogP contribution >= 0.6 is 38.6 Å². The summed E-state index contributed by atoms with van der Waals surface area (Å²) in [7, 11) is 0. The highest BCUT2D eigenvalue weighted by atomic mass is 79.9. The molecule has 1 aliphatic carbocycles. The van der Waals surface area contributed by atoms with Crippen molar-refractivity contribution in [1.29, 1.82) is 0 Å². The van der Waals surface area contributed by atoms with Crippen molar-refractivity contribution in [2.45, 2.75) is 25.3 Å². The summed E-state index contributed by atoms with van der Waals surface area (Å²) in [6.45, 7) is 0.864. The topological polar surface area (TPSA) is 20.3 Å². The highest BCUT2D eigenvalue weighted by Gasteiger charge is 2.42. The van der Waals surface area contributed by atoms with E-state index in [0.29, 0.717) is 12.0 Å². The van der Waals surface area contributed by atoms with Gasteiger partial charge in [0.2, 0.25) is 0 Å². The minimum atomic E-state index is 0.203. The van der Waals surface area contributed by atoms with Crippen LogP contribution < -0.4 is 0 Å². The molecule has 2 nitrogen and oxygen atoms in total. The van der Waals surface area contributed by atoms with Gasteiger partial charge in [0.1, 0.15) is 0 Å². The third-order valence-electron chi connectivity index (χ3n) is 4.13. The molecule has 20 heavy (non-hydrogen) atoms. The Kier molecular flexibility index (Phi) is 3.24. The average molecular weight is 368 g/mol. The molecule has 2 aliphatic rings. The molecule has 0 N–H and O–H groups in total. The molecule has 1 unspecified atom stereocenters. The molecule has 0 radical (unpaired) electrons. The third-order valence-corrected chi connectivity index (χ3v) is 6.74. The van der Waals surface area contributed by atoms with Crippen LogP contribution in [-0.4, -0.2) is 17.4 Å². The number of amides is 1. The summed E-state index contributed by atoms with van der Waals surface area (Å²) < 4.78 is 1.03. The van der Waals surface area contributed by atoms with Gasteiger partial charge in [0, 0.05) is 11.4 Å². The maximum Gasteiger partial charge on any atom is 0.264 e. The molecule has 5 heteroatoms. The van der Waals surface area contributed by atoms with E-state index in [4.69, 9.17) is 0 Å². The maximum atomic E-state index is 12.8. The fourth-order valence-electron chi connectivity index (χ4n) is 3.07. The van der Waals surface area contributed by atoms with E-state index in [9.17, 15) is 4.79 Å². The van der Waals surface area contributed by atoms with E-state index in [2.05, 4.69) is 32.3 Å². The Morgan fingerprint density at radius 3 is 2.85 bits per heavy atom. The van der Waals surface area contributed by atoms with Crippen molar-refractivity contribution in [3.8, 4) is 0 Å². The molecule has 1 fully saturated rings. The van der Waals surface area contributed by atoms with E-state index < -0.39 is 0 Å². The van der Waals surface area contributed by atoms with Gasteiger partial charge in [-0.1, -0.05) is 0 Å². The average Bonchev–Trinajstić information content (AvgIpc) is 3.00. The zero-order valence-electron chi connectivity index (χ0n) is 10.8. The Morgan fingerprint density at radius 1 is 1.30 bits per heavy atom. The molecule has 2 aromatic heterocycles. The molecule has 104 valence electrons. The molecule has 2 aromatic rings. The number of hydrogen-bond donors (Lipinski definition) is 0. The van der Waals surface area contributed by atoms with E-state index in [1.54, 1.807) is 0 Å². The number of carbonyl (C=O) groups excluding carboxylic acids is 1. The highest BCUT2D eigenvalue weighted by Crippen LogP contribution is 2.48. The van der Waals surface area contributed by atoms with Crippen molar-refractivity contribution < 1.29 is 4.79 Å². The van der Waals surface area contributed by atoms with Gasteiger partial charge in [-0.15, -0.1) is 22.7 Å². The van der Waals surface area contributed by atoms with Crippen molar-refractivity contribution in [2.75, 3.05) is 6.54 Å². The van der Waals surface area contributed by atoms with E-state index >= 15 is 0 Å². The number of nitrogens with zero attached hydrogens (tertiary/aromatic N) is 1. The highest BCUT2D eigenvalue weighted by molar-refractivity contribution is 9.11. The quantitative estimate of drug-likeness (QED) is 0.751. The molecule has 0 saturated heterocycles. The molecule has 0 aromatic carbocycles. The van der Waals surface area contributed by atoms with Crippen LogP contribution in [0, 0.1) is 5.92 Å². The first kappa shape index (κ1) is 13.0. The lowest BCUT2D eigenvalue weighted by Gasteiger charge is -2.36. The number of hydrogen-bond acceptors (Lipinski definition) is 3. The molecule has 4 rings (SSSR count). The molecule has 0 bridgehead atoms.